The number of aromatic amines is 1. The zero-order chi connectivity index (χ0) is 20.7. The fraction of sp³-hybridized carbons (Fsp3) is 0.0870. The van der Waals surface area contributed by atoms with Gasteiger partial charge in [-0.15, -0.1) is 26.3 Å². The lowest BCUT2D eigenvalue weighted by molar-refractivity contribution is 1.18. The van der Waals surface area contributed by atoms with Crippen molar-refractivity contribution in [1.29, 1.82) is 0 Å². The number of hydrogen-bond acceptors (Lipinski definition) is 4. The van der Waals surface area contributed by atoms with Crippen LogP contribution in [0.1, 0.15) is 11.1 Å². The highest BCUT2D eigenvalue weighted by atomic mass is 15.0. The van der Waals surface area contributed by atoms with Gasteiger partial charge in [0, 0.05) is 5.56 Å². The van der Waals surface area contributed by atoms with E-state index in [9.17, 15) is 0 Å². The minimum atomic E-state index is 0.363. The van der Waals surface area contributed by atoms with Gasteiger partial charge in [-0.3, -0.25) is 0 Å². The summed E-state index contributed by atoms with van der Waals surface area (Å²) in [5.74, 6) is 1.00. The molecule has 0 fully saturated rings. The molecule has 0 saturated heterocycles. The van der Waals surface area contributed by atoms with E-state index in [4.69, 9.17) is 5.73 Å². The topological polar surface area (TPSA) is 80.5 Å². The van der Waals surface area contributed by atoms with Gasteiger partial charge in [-0.1, -0.05) is 42.0 Å². The van der Waals surface area contributed by atoms with Crippen molar-refractivity contribution in [3.63, 3.8) is 0 Å². The van der Waals surface area contributed by atoms with Crippen LogP contribution in [-0.2, 0) is 0 Å². The van der Waals surface area contributed by atoms with Gasteiger partial charge in [0.1, 0.15) is 5.69 Å². The molecule has 0 aliphatic rings. The Morgan fingerprint density at radius 1 is 0.893 bits per heavy atom. The van der Waals surface area contributed by atoms with Gasteiger partial charge in [0.25, 0.3) is 0 Å². The van der Waals surface area contributed by atoms with E-state index in [0.717, 1.165) is 27.9 Å². The Balaban J connectivity index is 0.000000660. The lowest BCUT2D eigenvalue weighted by Crippen LogP contribution is -2.00. The van der Waals surface area contributed by atoms with Crippen LogP contribution in [0.2, 0.25) is 0 Å². The third-order valence-electron chi connectivity index (χ3n) is 4.09. The van der Waals surface area contributed by atoms with E-state index in [1.54, 1.807) is 6.20 Å². The number of nitrogens with zero attached hydrogens (tertiary/aromatic N) is 3. The number of fused-ring (bicyclic) bond motifs is 1. The number of nitrogens with two attached hydrogens (primary N) is 1. The van der Waals surface area contributed by atoms with E-state index >= 15 is 0 Å². The van der Waals surface area contributed by atoms with E-state index < -0.39 is 0 Å². The van der Waals surface area contributed by atoms with Crippen molar-refractivity contribution in [1.82, 2.24) is 19.9 Å². The van der Waals surface area contributed by atoms with Crippen LogP contribution in [0.5, 0.6) is 0 Å². The van der Waals surface area contributed by atoms with Crippen LogP contribution < -0.4 is 5.73 Å². The molecule has 28 heavy (non-hydrogen) atoms. The first kappa shape index (κ1) is 20.6. The lowest BCUT2D eigenvalue weighted by Gasteiger charge is -2.05. The Bertz CT molecular complexity index is 1060. The quantitative estimate of drug-likeness (QED) is 0.457. The second kappa shape index (κ2) is 9.28. The summed E-state index contributed by atoms with van der Waals surface area (Å²) in [6.07, 6.45) is 1.69. The number of nitrogens with one attached hydrogen (secondary N) is 1. The Labute approximate surface area is 165 Å². The zero-order valence-corrected chi connectivity index (χ0v) is 16.4. The summed E-state index contributed by atoms with van der Waals surface area (Å²) in [6.45, 7) is 16.1. The maximum Gasteiger partial charge on any atom is 0.161 e. The number of para-hydroxylation sites is 1. The molecule has 0 saturated carbocycles. The average Bonchev–Trinajstić information content (AvgIpc) is 3.18. The number of aryl methyl sites for hydroxylation is 2. The molecule has 3 N–H and O–H groups in total. The SMILES string of the molecule is C=C.C=C.Cc1ccc(-c2cnc(N)c(-c3nc4c(C)cccc4[nH]3)n2)cc1. The summed E-state index contributed by atoms with van der Waals surface area (Å²) in [7, 11) is 0. The van der Waals surface area contributed by atoms with Crippen molar-refractivity contribution < 1.29 is 0 Å². The second-order valence-electron chi connectivity index (χ2n) is 5.91. The summed E-state index contributed by atoms with van der Waals surface area (Å²) in [6, 6.07) is 14.2. The summed E-state index contributed by atoms with van der Waals surface area (Å²) in [4.78, 5) is 16.9. The number of anilines is 1. The van der Waals surface area contributed by atoms with Gasteiger partial charge in [-0.2, -0.15) is 0 Å². The van der Waals surface area contributed by atoms with Gasteiger partial charge in [0.05, 0.1) is 22.9 Å². The van der Waals surface area contributed by atoms with Crippen LogP contribution >= 0.6 is 0 Å². The molecule has 2 heterocycles. The van der Waals surface area contributed by atoms with Gasteiger partial charge in [-0.05, 0) is 25.5 Å². The maximum atomic E-state index is 6.05. The van der Waals surface area contributed by atoms with Crippen molar-refractivity contribution >= 4 is 16.9 Å². The van der Waals surface area contributed by atoms with E-state index in [-0.39, 0.29) is 0 Å². The highest BCUT2D eigenvalue weighted by Crippen LogP contribution is 2.27. The summed E-state index contributed by atoms with van der Waals surface area (Å²) in [5, 5.41) is 0. The molecule has 0 spiro atoms. The third-order valence-corrected chi connectivity index (χ3v) is 4.09. The van der Waals surface area contributed by atoms with Crippen LogP contribution in [0.3, 0.4) is 0 Å². The third kappa shape index (κ3) is 4.15. The van der Waals surface area contributed by atoms with Crippen molar-refractivity contribution in [2.75, 3.05) is 5.73 Å². The number of rotatable bonds is 2. The Kier molecular flexibility index (Phi) is 6.82. The molecule has 0 aliphatic carbocycles. The van der Waals surface area contributed by atoms with E-state index in [2.05, 4.69) is 65.3 Å². The zero-order valence-electron chi connectivity index (χ0n) is 16.4. The number of H-pyrrole nitrogens is 1. The molecule has 0 bridgehead atoms. The first-order valence-corrected chi connectivity index (χ1v) is 8.77. The van der Waals surface area contributed by atoms with Crippen LogP contribution in [0.25, 0.3) is 33.8 Å². The molecule has 4 aromatic rings. The lowest BCUT2D eigenvalue weighted by atomic mass is 10.1. The highest BCUT2D eigenvalue weighted by molar-refractivity contribution is 5.83. The Morgan fingerprint density at radius 2 is 1.57 bits per heavy atom. The smallest absolute Gasteiger partial charge is 0.161 e. The fourth-order valence-corrected chi connectivity index (χ4v) is 2.72. The van der Waals surface area contributed by atoms with E-state index in [0.29, 0.717) is 17.3 Å². The second-order valence-corrected chi connectivity index (χ2v) is 5.91. The van der Waals surface area contributed by atoms with Crippen LogP contribution in [0, 0.1) is 13.8 Å². The molecule has 142 valence electrons. The normalized spacial score (nSPS) is 9.79. The van der Waals surface area contributed by atoms with Gasteiger partial charge >= 0.3 is 0 Å². The number of aromatic nitrogens is 4. The molecule has 5 nitrogen and oxygen atoms in total. The van der Waals surface area contributed by atoms with Gasteiger partial charge < -0.3 is 10.7 Å². The van der Waals surface area contributed by atoms with Crippen molar-refractivity contribution in [2.45, 2.75) is 13.8 Å². The molecule has 0 amide bonds. The van der Waals surface area contributed by atoms with Gasteiger partial charge in [0.2, 0.25) is 0 Å². The molecule has 2 aromatic heterocycles. The van der Waals surface area contributed by atoms with Crippen LogP contribution in [0.4, 0.5) is 5.82 Å². The largest absolute Gasteiger partial charge is 0.382 e. The summed E-state index contributed by atoms with van der Waals surface area (Å²) >= 11 is 0. The Hall–Kier alpha value is -3.73. The number of imidazole rings is 1. The average molecular weight is 371 g/mol. The molecule has 0 radical (unpaired) electrons. The standard InChI is InChI=1S/C19H17N5.2C2H4/c1-11-6-8-13(9-7-11)15-10-21-18(20)17(22-15)19-23-14-5-3-4-12(2)16(14)24-19;2*1-2/h3-10H,1-2H3,(H2,20,21)(H,23,24);2*1-2H2. The molecule has 0 aliphatic heterocycles. The maximum absolute atomic E-state index is 6.05. The minimum absolute atomic E-state index is 0.363. The predicted octanol–water partition coefficient (Wildman–Crippen LogP) is 5.49. The number of hydrogen-bond donors (Lipinski definition) is 2. The monoisotopic (exact) mass is 371 g/mol. The number of benzene rings is 2. The molecular formula is C23H25N5. The molecular weight excluding hydrogens is 346 g/mol. The summed E-state index contributed by atoms with van der Waals surface area (Å²) in [5.41, 5.74) is 12.6. The van der Waals surface area contributed by atoms with Crippen LogP contribution in [-0.4, -0.2) is 19.9 Å². The molecule has 2 aromatic carbocycles. The molecule has 0 atom stereocenters. The first-order valence-electron chi connectivity index (χ1n) is 8.77. The van der Waals surface area contributed by atoms with E-state index in [1.165, 1.54) is 5.56 Å². The van der Waals surface area contributed by atoms with E-state index in [1.807, 2.05) is 37.3 Å². The molecule has 5 heteroatoms. The minimum Gasteiger partial charge on any atom is -0.382 e. The predicted molar refractivity (Wildman–Crippen MR) is 119 cm³/mol. The highest BCUT2D eigenvalue weighted by Gasteiger charge is 2.13. The first-order chi connectivity index (χ1) is 13.6. The fourth-order valence-electron chi connectivity index (χ4n) is 2.72. The van der Waals surface area contributed by atoms with Crippen molar-refractivity contribution in [3.8, 4) is 22.8 Å². The van der Waals surface area contributed by atoms with Crippen molar-refractivity contribution in [3.05, 3.63) is 86.1 Å². The molecule has 4 rings (SSSR count). The van der Waals surface area contributed by atoms with Crippen LogP contribution in [0.15, 0.2) is 75.0 Å². The van der Waals surface area contributed by atoms with Crippen molar-refractivity contribution in [2.24, 2.45) is 0 Å². The Morgan fingerprint density at radius 3 is 2.21 bits per heavy atom. The molecule has 0 unspecified atom stereocenters. The number of nitrogen functional groups attached to an aromatic ring is 1. The summed E-state index contributed by atoms with van der Waals surface area (Å²) < 4.78 is 0. The van der Waals surface area contributed by atoms with Gasteiger partial charge in [-0.25, -0.2) is 15.0 Å². The van der Waals surface area contributed by atoms with Gasteiger partial charge in [0.15, 0.2) is 11.6 Å².